The summed E-state index contributed by atoms with van der Waals surface area (Å²) in [6, 6.07) is 0. The first-order valence-electron chi connectivity index (χ1n) is 5.89. The molecule has 0 aromatic carbocycles. The zero-order valence-corrected chi connectivity index (χ0v) is 11.6. The quantitative estimate of drug-likeness (QED) is 0.829. The Morgan fingerprint density at radius 3 is 2.44 bits per heavy atom. The minimum Gasteiger partial charge on any atom is -0.481 e. The minimum absolute atomic E-state index is 0.142. The molecule has 0 radical (unpaired) electrons. The van der Waals surface area contributed by atoms with E-state index in [-0.39, 0.29) is 12.5 Å². The molecule has 0 saturated heterocycles. The van der Waals surface area contributed by atoms with Crippen molar-refractivity contribution in [1.29, 1.82) is 0 Å². The standard InChI is InChI=1S/C12H18N2O3S/c1-4-12(5-2,11(16)17)7-13-10(15)9-6-18-14-8(9)3/h6H,4-5,7H2,1-3H3,(H,13,15)(H,16,17). The maximum absolute atomic E-state index is 11.9. The summed E-state index contributed by atoms with van der Waals surface area (Å²) in [6.07, 6.45) is 0.972. The number of carbonyl (C=O) groups is 2. The first-order chi connectivity index (χ1) is 8.46. The van der Waals surface area contributed by atoms with Crippen LogP contribution in [0.2, 0.25) is 0 Å². The van der Waals surface area contributed by atoms with E-state index >= 15 is 0 Å². The van der Waals surface area contributed by atoms with Crippen LogP contribution >= 0.6 is 11.5 Å². The fourth-order valence-corrected chi connectivity index (χ4v) is 2.43. The van der Waals surface area contributed by atoms with E-state index in [1.807, 2.05) is 13.8 Å². The molecule has 1 amide bonds. The lowest BCUT2D eigenvalue weighted by atomic mass is 9.82. The van der Waals surface area contributed by atoms with Crippen molar-refractivity contribution in [2.45, 2.75) is 33.6 Å². The van der Waals surface area contributed by atoms with E-state index in [2.05, 4.69) is 9.69 Å². The molecular formula is C12H18N2O3S. The van der Waals surface area contributed by atoms with Gasteiger partial charge < -0.3 is 10.4 Å². The summed E-state index contributed by atoms with van der Waals surface area (Å²) in [5.41, 5.74) is 0.311. The topological polar surface area (TPSA) is 79.3 Å². The first kappa shape index (κ1) is 14.6. The summed E-state index contributed by atoms with van der Waals surface area (Å²) in [6.45, 7) is 5.54. The average Bonchev–Trinajstić information content (AvgIpc) is 2.77. The lowest BCUT2D eigenvalue weighted by molar-refractivity contribution is -0.149. The zero-order valence-electron chi connectivity index (χ0n) is 10.8. The highest BCUT2D eigenvalue weighted by Gasteiger charge is 2.35. The Hall–Kier alpha value is -1.43. The van der Waals surface area contributed by atoms with Crippen LogP contribution in [-0.2, 0) is 4.79 Å². The molecule has 0 aliphatic heterocycles. The van der Waals surface area contributed by atoms with Gasteiger partial charge in [0.2, 0.25) is 0 Å². The van der Waals surface area contributed by atoms with E-state index in [1.54, 1.807) is 12.3 Å². The van der Waals surface area contributed by atoms with Gasteiger partial charge in [-0.1, -0.05) is 13.8 Å². The lowest BCUT2D eigenvalue weighted by Gasteiger charge is -2.26. The minimum atomic E-state index is -0.882. The van der Waals surface area contributed by atoms with E-state index in [4.69, 9.17) is 0 Å². The number of hydrogen-bond donors (Lipinski definition) is 2. The fourth-order valence-electron chi connectivity index (χ4n) is 1.73. The number of aromatic nitrogens is 1. The second-order valence-electron chi connectivity index (χ2n) is 4.29. The Morgan fingerprint density at radius 2 is 2.06 bits per heavy atom. The Kier molecular flexibility index (Phi) is 4.84. The monoisotopic (exact) mass is 270 g/mol. The Morgan fingerprint density at radius 1 is 1.44 bits per heavy atom. The molecule has 100 valence electrons. The van der Waals surface area contributed by atoms with Crippen LogP contribution in [0, 0.1) is 12.3 Å². The number of rotatable bonds is 6. The Balaban J connectivity index is 2.72. The number of aliphatic carboxylic acids is 1. The van der Waals surface area contributed by atoms with Crippen molar-refractivity contribution in [3.8, 4) is 0 Å². The number of nitrogens with one attached hydrogen (secondary N) is 1. The largest absolute Gasteiger partial charge is 0.481 e. The summed E-state index contributed by atoms with van der Waals surface area (Å²) in [4.78, 5) is 23.2. The molecule has 0 unspecified atom stereocenters. The molecule has 0 spiro atoms. The second-order valence-corrected chi connectivity index (χ2v) is 4.92. The van der Waals surface area contributed by atoms with E-state index < -0.39 is 11.4 Å². The van der Waals surface area contributed by atoms with Gasteiger partial charge in [0.25, 0.3) is 5.91 Å². The summed E-state index contributed by atoms with van der Waals surface area (Å²) in [5.74, 6) is -1.12. The van der Waals surface area contributed by atoms with Crippen LogP contribution in [0.5, 0.6) is 0 Å². The molecule has 18 heavy (non-hydrogen) atoms. The van der Waals surface area contributed by atoms with Crippen molar-refractivity contribution in [1.82, 2.24) is 9.69 Å². The van der Waals surface area contributed by atoms with Gasteiger partial charge in [-0.05, 0) is 31.3 Å². The fraction of sp³-hybridized carbons (Fsp3) is 0.583. The van der Waals surface area contributed by atoms with Crippen molar-refractivity contribution in [2.24, 2.45) is 5.41 Å². The number of amides is 1. The van der Waals surface area contributed by atoms with E-state index in [0.29, 0.717) is 24.1 Å². The van der Waals surface area contributed by atoms with Crippen molar-refractivity contribution in [3.63, 3.8) is 0 Å². The van der Waals surface area contributed by atoms with Crippen LogP contribution < -0.4 is 5.32 Å². The van der Waals surface area contributed by atoms with Gasteiger partial charge in [-0.25, -0.2) is 0 Å². The molecule has 1 aromatic heterocycles. The molecular weight excluding hydrogens is 252 g/mol. The van der Waals surface area contributed by atoms with Crippen molar-refractivity contribution in [3.05, 3.63) is 16.6 Å². The number of aryl methyl sites for hydroxylation is 1. The van der Waals surface area contributed by atoms with Gasteiger partial charge in [0.05, 0.1) is 16.7 Å². The van der Waals surface area contributed by atoms with Gasteiger partial charge in [-0.15, -0.1) is 0 Å². The summed E-state index contributed by atoms with van der Waals surface area (Å²) in [5, 5.41) is 13.6. The number of carbonyl (C=O) groups excluding carboxylic acids is 1. The molecule has 6 heteroatoms. The van der Waals surface area contributed by atoms with Crippen LogP contribution in [0.15, 0.2) is 5.38 Å². The zero-order chi connectivity index (χ0) is 13.8. The van der Waals surface area contributed by atoms with Crippen molar-refractivity contribution in [2.75, 3.05) is 6.54 Å². The third kappa shape index (κ3) is 2.87. The van der Waals surface area contributed by atoms with Gasteiger partial charge >= 0.3 is 5.97 Å². The number of carboxylic acid groups (broad SMARTS) is 1. The third-order valence-electron chi connectivity index (χ3n) is 3.39. The highest BCUT2D eigenvalue weighted by Crippen LogP contribution is 2.25. The van der Waals surface area contributed by atoms with Gasteiger partial charge in [0, 0.05) is 11.9 Å². The SMILES string of the molecule is CCC(CC)(CNC(=O)c1csnc1C)C(=O)O. The summed E-state index contributed by atoms with van der Waals surface area (Å²) >= 11 is 1.22. The molecule has 0 aliphatic rings. The predicted molar refractivity (Wildman–Crippen MR) is 69.8 cm³/mol. The molecule has 0 fully saturated rings. The van der Waals surface area contributed by atoms with Crippen molar-refractivity contribution < 1.29 is 14.7 Å². The summed E-state index contributed by atoms with van der Waals surface area (Å²) < 4.78 is 4.02. The van der Waals surface area contributed by atoms with Crippen LogP contribution in [-0.4, -0.2) is 27.9 Å². The molecule has 1 heterocycles. The van der Waals surface area contributed by atoms with E-state index in [0.717, 1.165) is 0 Å². The first-order valence-corrected chi connectivity index (χ1v) is 6.73. The number of nitrogens with zero attached hydrogens (tertiary/aromatic N) is 1. The molecule has 2 N–H and O–H groups in total. The Labute approximate surface area is 110 Å². The third-order valence-corrected chi connectivity index (χ3v) is 4.11. The van der Waals surface area contributed by atoms with Gasteiger partial charge in [-0.2, -0.15) is 4.37 Å². The maximum atomic E-state index is 11.9. The predicted octanol–water partition coefficient (Wildman–Crippen LogP) is 2.07. The summed E-state index contributed by atoms with van der Waals surface area (Å²) in [7, 11) is 0. The Bertz CT molecular complexity index is 438. The van der Waals surface area contributed by atoms with Gasteiger partial charge in [0.1, 0.15) is 0 Å². The number of carboxylic acids is 1. The average molecular weight is 270 g/mol. The van der Waals surface area contributed by atoms with Crippen molar-refractivity contribution >= 4 is 23.4 Å². The highest BCUT2D eigenvalue weighted by molar-refractivity contribution is 7.03. The molecule has 1 aromatic rings. The van der Waals surface area contributed by atoms with Gasteiger partial charge in [0.15, 0.2) is 0 Å². The molecule has 0 aliphatic carbocycles. The van der Waals surface area contributed by atoms with Gasteiger partial charge in [-0.3, -0.25) is 9.59 Å². The second kappa shape index (κ2) is 5.95. The molecule has 5 nitrogen and oxygen atoms in total. The normalized spacial score (nSPS) is 11.3. The van der Waals surface area contributed by atoms with Crippen LogP contribution in [0.1, 0.15) is 42.7 Å². The molecule has 0 bridgehead atoms. The van der Waals surface area contributed by atoms with E-state index in [9.17, 15) is 14.7 Å². The van der Waals surface area contributed by atoms with E-state index in [1.165, 1.54) is 11.5 Å². The smallest absolute Gasteiger partial charge is 0.311 e. The van der Waals surface area contributed by atoms with Crippen LogP contribution in [0.25, 0.3) is 0 Å². The number of hydrogen-bond acceptors (Lipinski definition) is 4. The lowest BCUT2D eigenvalue weighted by Crippen LogP contribution is -2.42. The van der Waals surface area contributed by atoms with Crippen LogP contribution in [0.3, 0.4) is 0 Å². The van der Waals surface area contributed by atoms with Crippen LogP contribution in [0.4, 0.5) is 0 Å². The molecule has 0 atom stereocenters. The molecule has 0 saturated carbocycles. The molecule has 1 rings (SSSR count). The highest BCUT2D eigenvalue weighted by atomic mass is 32.1. The maximum Gasteiger partial charge on any atom is 0.311 e.